The topological polar surface area (TPSA) is 48.8 Å². The smallest absolute Gasteiger partial charge is 0.126 e. The summed E-state index contributed by atoms with van der Waals surface area (Å²) in [7, 11) is 1.65. The molecular weight excluding hydrogens is 224 g/mol. The van der Waals surface area contributed by atoms with Gasteiger partial charge >= 0.3 is 0 Å². The number of nitrogens with zero attached hydrogens (tertiary/aromatic N) is 1. The number of aromatic nitrogens is 1. The van der Waals surface area contributed by atoms with E-state index < -0.39 is 0 Å². The molecule has 0 saturated heterocycles. The van der Waals surface area contributed by atoms with Crippen LogP contribution in [-0.4, -0.2) is 12.1 Å². The predicted octanol–water partition coefficient (Wildman–Crippen LogP) is 3.69. The molecule has 0 unspecified atom stereocenters. The maximum absolute atomic E-state index is 9.10. The number of hydrogen-bond donors (Lipinski definition) is 1. The Hall–Kier alpha value is -2.21. The number of methoxy groups -OCH3 is 1. The summed E-state index contributed by atoms with van der Waals surface area (Å²) in [4.78, 5) is 2.97. The van der Waals surface area contributed by atoms with Crippen molar-refractivity contribution in [2.24, 2.45) is 0 Å². The largest absolute Gasteiger partial charge is 0.496 e. The lowest BCUT2D eigenvalue weighted by molar-refractivity contribution is 0.416. The van der Waals surface area contributed by atoms with Crippen molar-refractivity contribution in [2.75, 3.05) is 7.11 Å². The molecule has 1 heterocycles. The highest BCUT2D eigenvalue weighted by atomic mass is 16.5. The van der Waals surface area contributed by atoms with Gasteiger partial charge < -0.3 is 9.72 Å². The molecule has 0 aliphatic heterocycles. The summed E-state index contributed by atoms with van der Waals surface area (Å²) in [6.45, 7) is 4.29. The average Bonchev–Trinajstić information content (AvgIpc) is 2.85. The van der Waals surface area contributed by atoms with Crippen molar-refractivity contribution in [1.82, 2.24) is 4.98 Å². The third-order valence-corrected chi connectivity index (χ3v) is 3.05. The van der Waals surface area contributed by atoms with Crippen LogP contribution in [0.15, 0.2) is 30.6 Å². The van der Waals surface area contributed by atoms with Crippen LogP contribution in [0.5, 0.6) is 5.75 Å². The van der Waals surface area contributed by atoms with Crippen LogP contribution in [0.3, 0.4) is 0 Å². The van der Waals surface area contributed by atoms with E-state index in [-0.39, 0.29) is 0 Å². The highest BCUT2D eigenvalue weighted by Gasteiger charge is 2.13. The van der Waals surface area contributed by atoms with E-state index in [1.54, 1.807) is 13.3 Å². The SMILES string of the molecule is COc1ccc(C(C)C)cc1-c1c[nH]cc1C#N. The summed E-state index contributed by atoms with van der Waals surface area (Å²) in [5.74, 6) is 1.23. The van der Waals surface area contributed by atoms with Gasteiger partial charge in [0.15, 0.2) is 0 Å². The minimum absolute atomic E-state index is 0.444. The molecule has 1 N–H and O–H groups in total. The first-order valence-electron chi connectivity index (χ1n) is 5.92. The Morgan fingerprint density at radius 3 is 2.61 bits per heavy atom. The molecule has 0 aliphatic rings. The minimum Gasteiger partial charge on any atom is -0.496 e. The number of H-pyrrole nitrogens is 1. The van der Waals surface area contributed by atoms with Gasteiger partial charge in [0.1, 0.15) is 11.8 Å². The first kappa shape index (κ1) is 12.3. The van der Waals surface area contributed by atoms with Crippen LogP contribution >= 0.6 is 0 Å². The molecule has 3 heteroatoms. The molecule has 3 nitrogen and oxygen atoms in total. The molecule has 0 amide bonds. The molecule has 0 fully saturated rings. The third kappa shape index (κ3) is 2.10. The third-order valence-electron chi connectivity index (χ3n) is 3.05. The Balaban J connectivity index is 2.61. The van der Waals surface area contributed by atoms with E-state index in [2.05, 4.69) is 37.0 Å². The monoisotopic (exact) mass is 240 g/mol. The number of aromatic amines is 1. The van der Waals surface area contributed by atoms with Gasteiger partial charge in [-0.15, -0.1) is 0 Å². The lowest BCUT2D eigenvalue weighted by Crippen LogP contribution is -1.93. The van der Waals surface area contributed by atoms with E-state index in [4.69, 9.17) is 10.00 Å². The molecule has 2 rings (SSSR count). The van der Waals surface area contributed by atoms with Gasteiger partial charge in [-0.05, 0) is 23.6 Å². The van der Waals surface area contributed by atoms with Crippen LogP contribution < -0.4 is 4.74 Å². The van der Waals surface area contributed by atoms with Crippen molar-refractivity contribution < 1.29 is 4.74 Å². The Morgan fingerprint density at radius 2 is 2.00 bits per heavy atom. The molecule has 0 radical (unpaired) electrons. The molecule has 92 valence electrons. The molecule has 2 aromatic rings. The Kier molecular flexibility index (Phi) is 3.38. The summed E-state index contributed by atoms with van der Waals surface area (Å²) >= 11 is 0. The second-order valence-electron chi connectivity index (χ2n) is 4.51. The van der Waals surface area contributed by atoms with Gasteiger partial charge in [-0.3, -0.25) is 0 Å². The van der Waals surface area contributed by atoms with Crippen LogP contribution in [0.4, 0.5) is 0 Å². The maximum atomic E-state index is 9.10. The van der Waals surface area contributed by atoms with E-state index in [1.165, 1.54) is 5.56 Å². The highest BCUT2D eigenvalue weighted by Crippen LogP contribution is 2.34. The average molecular weight is 240 g/mol. The minimum atomic E-state index is 0.444. The second kappa shape index (κ2) is 4.97. The van der Waals surface area contributed by atoms with Gasteiger partial charge in [-0.25, -0.2) is 0 Å². The number of rotatable bonds is 3. The molecule has 0 bridgehead atoms. The van der Waals surface area contributed by atoms with E-state index in [0.29, 0.717) is 11.5 Å². The summed E-state index contributed by atoms with van der Waals surface area (Å²) in [5, 5.41) is 9.10. The Morgan fingerprint density at radius 1 is 1.22 bits per heavy atom. The number of nitrogens with one attached hydrogen (secondary N) is 1. The number of ether oxygens (including phenoxy) is 1. The van der Waals surface area contributed by atoms with Crippen molar-refractivity contribution in [1.29, 1.82) is 5.26 Å². The van der Waals surface area contributed by atoms with Crippen LogP contribution in [0.2, 0.25) is 0 Å². The molecule has 0 aliphatic carbocycles. The van der Waals surface area contributed by atoms with Crippen molar-refractivity contribution in [2.45, 2.75) is 19.8 Å². The van der Waals surface area contributed by atoms with Gasteiger partial charge in [0.2, 0.25) is 0 Å². The zero-order chi connectivity index (χ0) is 13.1. The zero-order valence-electron chi connectivity index (χ0n) is 10.8. The molecule has 1 aromatic carbocycles. The van der Waals surface area contributed by atoms with Gasteiger partial charge in [0, 0.05) is 23.5 Å². The maximum Gasteiger partial charge on any atom is 0.126 e. The van der Waals surface area contributed by atoms with Gasteiger partial charge in [-0.1, -0.05) is 19.9 Å². The summed E-state index contributed by atoms with van der Waals surface area (Å²) in [5.41, 5.74) is 3.71. The van der Waals surface area contributed by atoms with E-state index in [1.807, 2.05) is 12.3 Å². The standard InChI is InChI=1S/C15H16N2O/c1-10(2)11-4-5-15(18-3)13(6-11)14-9-17-8-12(14)7-16/h4-6,8-10,17H,1-3H3. The van der Waals surface area contributed by atoms with Gasteiger partial charge in [0.05, 0.1) is 12.7 Å². The second-order valence-corrected chi connectivity index (χ2v) is 4.51. The zero-order valence-corrected chi connectivity index (χ0v) is 10.8. The van der Waals surface area contributed by atoms with E-state index >= 15 is 0 Å². The summed E-state index contributed by atoms with van der Waals surface area (Å²) < 4.78 is 5.38. The Bertz CT molecular complexity index is 591. The van der Waals surface area contributed by atoms with Crippen molar-refractivity contribution in [3.05, 3.63) is 41.7 Å². The lowest BCUT2D eigenvalue weighted by atomic mass is 9.96. The van der Waals surface area contributed by atoms with Crippen LogP contribution in [0.25, 0.3) is 11.1 Å². The molecule has 0 spiro atoms. The van der Waals surface area contributed by atoms with Crippen LogP contribution in [0.1, 0.15) is 30.9 Å². The number of nitriles is 1. The van der Waals surface area contributed by atoms with Gasteiger partial charge in [0.25, 0.3) is 0 Å². The fraction of sp³-hybridized carbons (Fsp3) is 0.267. The molecular formula is C15H16N2O. The fourth-order valence-electron chi connectivity index (χ4n) is 1.97. The van der Waals surface area contributed by atoms with Crippen molar-refractivity contribution >= 4 is 0 Å². The van der Waals surface area contributed by atoms with Crippen LogP contribution in [0, 0.1) is 11.3 Å². The summed E-state index contributed by atoms with van der Waals surface area (Å²) in [6.07, 6.45) is 3.54. The first-order valence-corrected chi connectivity index (χ1v) is 5.92. The van der Waals surface area contributed by atoms with Gasteiger partial charge in [-0.2, -0.15) is 5.26 Å². The number of benzene rings is 1. The lowest BCUT2D eigenvalue weighted by Gasteiger charge is -2.12. The molecule has 18 heavy (non-hydrogen) atoms. The molecule has 0 saturated carbocycles. The number of hydrogen-bond acceptors (Lipinski definition) is 2. The van der Waals surface area contributed by atoms with Crippen LogP contribution in [-0.2, 0) is 0 Å². The quantitative estimate of drug-likeness (QED) is 0.889. The first-order chi connectivity index (χ1) is 8.67. The van der Waals surface area contributed by atoms with Crippen molar-refractivity contribution in [3.8, 4) is 22.9 Å². The van der Waals surface area contributed by atoms with Crippen molar-refractivity contribution in [3.63, 3.8) is 0 Å². The fourth-order valence-corrected chi connectivity index (χ4v) is 1.97. The predicted molar refractivity (Wildman–Crippen MR) is 71.6 cm³/mol. The molecule has 0 atom stereocenters. The van der Waals surface area contributed by atoms with E-state index in [0.717, 1.165) is 16.9 Å². The normalized spacial score (nSPS) is 10.4. The van der Waals surface area contributed by atoms with E-state index in [9.17, 15) is 0 Å². The molecule has 1 aromatic heterocycles. The Labute approximate surface area is 107 Å². The highest BCUT2D eigenvalue weighted by molar-refractivity contribution is 5.76. The summed E-state index contributed by atoms with van der Waals surface area (Å²) in [6, 6.07) is 8.30.